The monoisotopic (exact) mass is 363 g/mol. The number of non-ortho nitro benzene ring substituents is 1. The molecule has 0 atom stereocenters. The number of benzene rings is 2. The molecular weight excluding hydrogens is 345 g/mol. The van der Waals surface area contributed by atoms with Crippen LogP contribution in [0.5, 0.6) is 0 Å². The zero-order valence-electron chi connectivity index (χ0n) is 13.7. The van der Waals surface area contributed by atoms with Crippen LogP contribution in [0.1, 0.15) is 11.1 Å². The number of piperazine rings is 1. The average Bonchev–Trinajstić information content (AvgIpc) is 2.59. The molecule has 1 fully saturated rings. The Labute approximate surface area is 150 Å². The Hall–Kier alpha value is -2.02. The maximum absolute atomic E-state index is 13.1. The third-order valence-electron chi connectivity index (χ3n) is 4.43. The molecule has 3 rings (SSSR count). The van der Waals surface area contributed by atoms with Crippen molar-refractivity contribution >= 4 is 17.3 Å². The van der Waals surface area contributed by atoms with Gasteiger partial charge in [0.05, 0.1) is 4.92 Å². The minimum Gasteiger partial charge on any atom is -0.297 e. The summed E-state index contributed by atoms with van der Waals surface area (Å²) < 4.78 is 13.1. The summed E-state index contributed by atoms with van der Waals surface area (Å²) in [5, 5.41) is 11.2. The van der Waals surface area contributed by atoms with Crippen molar-refractivity contribution in [3.05, 3.63) is 74.5 Å². The second-order valence-corrected chi connectivity index (χ2v) is 6.62. The molecule has 132 valence electrons. The molecule has 7 heteroatoms. The second kappa shape index (κ2) is 7.91. The molecule has 0 unspecified atom stereocenters. The molecule has 2 aromatic carbocycles. The Morgan fingerprint density at radius 3 is 2.16 bits per heavy atom. The first-order chi connectivity index (χ1) is 12.0. The van der Waals surface area contributed by atoms with Gasteiger partial charge in [0, 0.05) is 56.4 Å². The van der Waals surface area contributed by atoms with Crippen LogP contribution in [-0.2, 0) is 13.1 Å². The lowest BCUT2D eigenvalue weighted by atomic mass is 10.1. The largest absolute Gasteiger partial charge is 0.297 e. The summed E-state index contributed by atoms with van der Waals surface area (Å²) in [6, 6.07) is 11.2. The number of rotatable bonds is 5. The van der Waals surface area contributed by atoms with E-state index in [0.29, 0.717) is 11.6 Å². The van der Waals surface area contributed by atoms with E-state index in [4.69, 9.17) is 11.6 Å². The Morgan fingerprint density at radius 1 is 1.00 bits per heavy atom. The lowest BCUT2D eigenvalue weighted by Crippen LogP contribution is -2.45. The molecule has 1 saturated heterocycles. The number of hydrogen-bond acceptors (Lipinski definition) is 4. The summed E-state index contributed by atoms with van der Waals surface area (Å²) in [6.45, 7) is 5.13. The van der Waals surface area contributed by atoms with Crippen molar-refractivity contribution < 1.29 is 9.31 Å². The number of nitrogens with zero attached hydrogens (tertiary/aromatic N) is 3. The Morgan fingerprint density at radius 2 is 1.60 bits per heavy atom. The minimum atomic E-state index is -0.386. The maximum atomic E-state index is 13.1. The van der Waals surface area contributed by atoms with Crippen molar-refractivity contribution in [2.24, 2.45) is 0 Å². The van der Waals surface area contributed by atoms with Gasteiger partial charge in [-0.15, -0.1) is 0 Å². The zero-order valence-corrected chi connectivity index (χ0v) is 14.5. The number of nitro groups is 1. The van der Waals surface area contributed by atoms with Gasteiger partial charge in [-0.2, -0.15) is 0 Å². The van der Waals surface area contributed by atoms with Gasteiger partial charge in [0.25, 0.3) is 5.69 Å². The van der Waals surface area contributed by atoms with Crippen LogP contribution >= 0.6 is 11.6 Å². The molecule has 5 nitrogen and oxygen atoms in total. The summed E-state index contributed by atoms with van der Waals surface area (Å²) in [7, 11) is 0. The van der Waals surface area contributed by atoms with Crippen LogP contribution in [0.15, 0.2) is 42.5 Å². The normalized spacial score (nSPS) is 16.1. The smallest absolute Gasteiger partial charge is 0.269 e. The molecule has 1 aliphatic rings. The molecular formula is C18H19ClFN3O2. The molecule has 0 radical (unpaired) electrons. The Balaban J connectivity index is 1.50. The van der Waals surface area contributed by atoms with Crippen molar-refractivity contribution in [1.29, 1.82) is 0 Å². The lowest BCUT2D eigenvalue weighted by Gasteiger charge is -2.34. The summed E-state index contributed by atoms with van der Waals surface area (Å²) in [4.78, 5) is 14.9. The maximum Gasteiger partial charge on any atom is 0.269 e. The molecule has 0 saturated carbocycles. The molecule has 25 heavy (non-hydrogen) atoms. The highest BCUT2D eigenvalue weighted by Crippen LogP contribution is 2.20. The molecule has 0 spiro atoms. The summed E-state index contributed by atoms with van der Waals surface area (Å²) in [5.74, 6) is -0.318. The topological polar surface area (TPSA) is 49.6 Å². The van der Waals surface area contributed by atoms with E-state index in [2.05, 4.69) is 9.80 Å². The second-order valence-electron chi connectivity index (χ2n) is 6.21. The number of nitro benzene ring substituents is 1. The van der Waals surface area contributed by atoms with Crippen LogP contribution in [0, 0.1) is 15.9 Å². The van der Waals surface area contributed by atoms with Gasteiger partial charge in [-0.25, -0.2) is 4.39 Å². The van der Waals surface area contributed by atoms with E-state index in [1.54, 1.807) is 18.2 Å². The van der Waals surface area contributed by atoms with Gasteiger partial charge in [0.15, 0.2) is 0 Å². The van der Waals surface area contributed by atoms with Crippen LogP contribution in [0.3, 0.4) is 0 Å². The number of halogens is 2. The highest BCUT2D eigenvalue weighted by atomic mass is 35.5. The SMILES string of the molecule is O=[N+]([O-])c1ccc(CN2CCN(Cc3ccc(F)cc3Cl)CC2)cc1. The predicted molar refractivity (Wildman–Crippen MR) is 95.1 cm³/mol. The van der Waals surface area contributed by atoms with Crippen LogP contribution < -0.4 is 0 Å². The quantitative estimate of drug-likeness (QED) is 0.600. The van der Waals surface area contributed by atoms with Crippen molar-refractivity contribution in [2.45, 2.75) is 13.1 Å². The van der Waals surface area contributed by atoms with Crippen LogP contribution in [0.2, 0.25) is 5.02 Å². The van der Waals surface area contributed by atoms with Crippen molar-refractivity contribution in [3.63, 3.8) is 0 Å². The molecule has 0 aliphatic carbocycles. The van der Waals surface area contributed by atoms with E-state index < -0.39 is 0 Å². The molecule has 2 aromatic rings. The molecule has 1 aliphatic heterocycles. The third-order valence-corrected chi connectivity index (χ3v) is 4.78. The summed E-state index contributed by atoms with van der Waals surface area (Å²) in [5.41, 5.74) is 2.12. The van der Waals surface area contributed by atoms with Gasteiger partial charge in [-0.1, -0.05) is 29.8 Å². The van der Waals surface area contributed by atoms with E-state index >= 15 is 0 Å². The van der Waals surface area contributed by atoms with Crippen LogP contribution in [0.25, 0.3) is 0 Å². The van der Waals surface area contributed by atoms with Gasteiger partial charge in [0.2, 0.25) is 0 Å². The fourth-order valence-corrected chi connectivity index (χ4v) is 3.20. The van der Waals surface area contributed by atoms with E-state index in [0.717, 1.165) is 43.9 Å². The van der Waals surface area contributed by atoms with Crippen LogP contribution in [0.4, 0.5) is 10.1 Å². The van der Waals surface area contributed by atoms with Gasteiger partial charge >= 0.3 is 0 Å². The zero-order chi connectivity index (χ0) is 17.8. The molecule has 0 bridgehead atoms. The van der Waals surface area contributed by atoms with Crippen LogP contribution in [-0.4, -0.2) is 40.9 Å². The molecule has 0 amide bonds. The lowest BCUT2D eigenvalue weighted by molar-refractivity contribution is -0.384. The minimum absolute atomic E-state index is 0.116. The first-order valence-electron chi connectivity index (χ1n) is 8.13. The van der Waals surface area contributed by atoms with E-state index in [9.17, 15) is 14.5 Å². The molecule has 0 N–H and O–H groups in total. The first kappa shape index (κ1) is 17.8. The van der Waals surface area contributed by atoms with E-state index in [1.165, 1.54) is 12.1 Å². The highest BCUT2D eigenvalue weighted by Gasteiger charge is 2.18. The third kappa shape index (κ3) is 4.75. The van der Waals surface area contributed by atoms with Crippen molar-refractivity contribution in [1.82, 2.24) is 9.80 Å². The fourth-order valence-electron chi connectivity index (χ4n) is 2.98. The van der Waals surface area contributed by atoms with E-state index in [-0.39, 0.29) is 16.4 Å². The van der Waals surface area contributed by atoms with E-state index in [1.807, 2.05) is 12.1 Å². The summed E-state index contributed by atoms with van der Waals surface area (Å²) >= 11 is 6.09. The average molecular weight is 364 g/mol. The van der Waals surface area contributed by atoms with Crippen molar-refractivity contribution in [2.75, 3.05) is 26.2 Å². The molecule has 0 aromatic heterocycles. The van der Waals surface area contributed by atoms with Gasteiger partial charge < -0.3 is 0 Å². The first-order valence-corrected chi connectivity index (χ1v) is 8.51. The molecule has 1 heterocycles. The Bertz CT molecular complexity index is 746. The Kier molecular flexibility index (Phi) is 5.63. The van der Waals surface area contributed by atoms with Gasteiger partial charge in [-0.3, -0.25) is 19.9 Å². The predicted octanol–water partition coefficient (Wildman–Crippen LogP) is 3.71. The summed E-state index contributed by atoms with van der Waals surface area (Å²) in [6.07, 6.45) is 0. The van der Waals surface area contributed by atoms with Gasteiger partial charge in [-0.05, 0) is 23.3 Å². The van der Waals surface area contributed by atoms with Gasteiger partial charge in [0.1, 0.15) is 5.82 Å². The standard InChI is InChI=1S/C18H19ClFN3O2/c19-18-11-16(20)4-3-15(18)13-22-9-7-21(8-10-22)12-14-1-5-17(6-2-14)23(24)25/h1-6,11H,7-10,12-13H2. The highest BCUT2D eigenvalue weighted by molar-refractivity contribution is 6.31. The number of hydrogen-bond donors (Lipinski definition) is 0. The fraction of sp³-hybridized carbons (Fsp3) is 0.333. The van der Waals surface area contributed by atoms with Crippen molar-refractivity contribution in [3.8, 4) is 0 Å².